The maximum atomic E-state index is 2.46. The highest BCUT2D eigenvalue weighted by molar-refractivity contribution is 6.22. The fourth-order valence-electron chi connectivity index (χ4n) is 8.12. The summed E-state index contributed by atoms with van der Waals surface area (Å²) >= 11 is 0. The molecule has 9 aromatic rings. The van der Waals surface area contributed by atoms with Crippen LogP contribution in [0.2, 0.25) is 0 Å². The van der Waals surface area contributed by atoms with Gasteiger partial charge in [0.05, 0.1) is 11.0 Å². The van der Waals surface area contributed by atoms with Crippen LogP contribution in [0, 0.1) is 13.8 Å². The van der Waals surface area contributed by atoms with Crippen LogP contribution >= 0.6 is 0 Å². The fraction of sp³-hybridized carbons (Fsp3) is 0.133. The summed E-state index contributed by atoms with van der Waals surface area (Å²) in [6.45, 7) is 11.4. The molecule has 0 fully saturated rings. The van der Waals surface area contributed by atoms with Crippen molar-refractivity contribution in [3.63, 3.8) is 0 Å². The minimum Gasteiger partial charge on any atom is -0.305 e. The average molecular weight is 636 g/mol. The maximum Gasteiger partial charge on any atom is 0.263 e. The summed E-state index contributed by atoms with van der Waals surface area (Å²) in [5.74, 6) is 1.14. The highest BCUT2D eigenvalue weighted by atomic mass is 15.2. The third-order valence-corrected chi connectivity index (χ3v) is 10.3. The van der Waals surface area contributed by atoms with Crippen LogP contribution in [0.3, 0.4) is 0 Å². The van der Waals surface area contributed by atoms with Crippen LogP contribution < -0.4 is 4.57 Å². The van der Waals surface area contributed by atoms with Gasteiger partial charge in [0.1, 0.15) is 29.1 Å². The molecule has 0 radical (unpaired) electrons. The van der Waals surface area contributed by atoms with Crippen LogP contribution in [0.15, 0.2) is 146 Å². The van der Waals surface area contributed by atoms with E-state index in [2.05, 4.69) is 199 Å². The molecule has 238 valence electrons. The zero-order valence-electron chi connectivity index (χ0n) is 28.6. The summed E-state index contributed by atoms with van der Waals surface area (Å²) in [5, 5.41) is 4.96. The minimum absolute atomic E-state index is 0.0438. The Labute approximate surface area is 286 Å². The Morgan fingerprint density at radius 1 is 0.531 bits per heavy atom. The van der Waals surface area contributed by atoms with Gasteiger partial charge >= 0.3 is 0 Å². The first kappa shape index (κ1) is 29.3. The van der Waals surface area contributed by atoms with E-state index in [9.17, 15) is 0 Å². The minimum atomic E-state index is 0.0438. The van der Waals surface area contributed by atoms with Crippen LogP contribution in [0.1, 0.15) is 37.7 Å². The first-order chi connectivity index (χ1) is 23.8. The van der Waals surface area contributed by atoms with Crippen LogP contribution in [-0.2, 0) is 5.41 Å². The van der Waals surface area contributed by atoms with Gasteiger partial charge in [0.25, 0.3) is 5.82 Å². The Kier molecular flexibility index (Phi) is 6.47. The lowest BCUT2D eigenvalue weighted by Crippen LogP contribution is -2.34. The number of hydrogen-bond donors (Lipinski definition) is 0. The molecule has 0 saturated carbocycles. The van der Waals surface area contributed by atoms with Gasteiger partial charge < -0.3 is 9.13 Å². The van der Waals surface area contributed by atoms with E-state index in [4.69, 9.17) is 0 Å². The predicted octanol–water partition coefficient (Wildman–Crippen LogP) is 10.9. The van der Waals surface area contributed by atoms with E-state index in [-0.39, 0.29) is 5.41 Å². The first-order valence-electron chi connectivity index (χ1n) is 17.1. The summed E-state index contributed by atoms with van der Waals surface area (Å²) in [6.07, 6.45) is 4.49. The van der Waals surface area contributed by atoms with Crippen LogP contribution in [0.4, 0.5) is 0 Å². The summed E-state index contributed by atoms with van der Waals surface area (Å²) in [7, 11) is 0. The van der Waals surface area contributed by atoms with Crippen LogP contribution in [0.5, 0.6) is 0 Å². The van der Waals surface area contributed by atoms with Crippen molar-refractivity contribution in [2.24, 2.45) is 0 Å². The topological polar surface area (TPSA) is 18.7 Å². The second kappa shape index (κ2) is 10.8. The molecular formula is C45H39N4+. The molecular weight excluding hydrogens is 597 g/mol. The molecule has 9 rings (SSSR count). The van der Waals surface area contributed by atoms with Gasteiger partial charge in [-0.25, -0.2) is 0 Å². The van der Waals surface area contributed by atoms with Crippen molar-refractivity contribution in [1.82, 2.24) is 13.7 Å². The largest absolute Gasteiger partial charge is 0.305 e. The van der Waals surface area contributed by atoms with Crippen molar-refractivity contribution in [1.29, 1.82) is 0 Å². The standard InChI is InChI=1S/C45H39N4/c1-30-38(45(3,4)5)23-16-26-39(30)46-27-28-47(31(46)2)44-42-36(34-21-12-14-24-40(34)48(42)32-17-8-6-9-18-32)29-37-35-22-13-15-25-41(35)49(43(37)44)33-19-10-7-11-20-33/h6-29H,1-5H3/q+1. The van der Waals surface area contributed by atoms with E-state index < -0.39 is 0 Å². The van der Waals surface area contributed by atoms with Crippen molar-refractivity contribution < 1.29 is 4.57 Å². The fourth-order valence-corrected chi connectivity index (χ4v) is 8.12. The van der Waals surface area contributed by atoms with Crippen molar-refractivity contribution in [2.45, 2.75) is 40.0 Å². The molecule has 6 aromatic carbocycles. The third kappa shape index (κ3) is 4.33. The highest BCUT2D eigenvalue weighted by Crippen LogP contribution is 2.43. The Bertz CT molecular complexity index is 2570. The van der Waals surface area contributed by atoms with E-state index in [1.807, 2.05) is 0 Å². The summed E-state index contributed by atoms with van der Waals surface area (Å²) in [6, 6.07) is 48.4. The Balaban J connectivity index is 1.50. The smallest absolute Gasteiger partial charge is 0.263 e. The molecule has 0 aliphatic heterocycles. The number of fused-ring (bicyclic) bond motifs is 6. The van der Waals surface area contributed by atoms with Gasteiger partial charge in [0.2, 0.25) is 0 Å². The van der Waals surface area contributed by atoms with E-state index in [1.165, 1.54) is 60.4 Å². The van der Waals surface area contributed by atoms with Gasteiger partial charge in [-0.05, 0) is 72.0 Å². The molecule has 0 atom stereocenters. The molecule has 4 heteroatoms. The van der Waals surface area contributed by atoms with Gasteiger partial charge in [0, 0.05) is 39.8 Å². The second-order valence-corrected chi connectivity index (χ2v) is 14.2. The maximum absolute atomic E-state index is 2.46. The molecule has 0 N–H and O–H groups in total. The Hall–Kier alpha value is -5.87. The van der Waals surface area contributed by atoms with Crippen molar-refractivity contribution in [2.75, 3.05) is 0 Å². The normalized spacial score (nSPS) is 12.2. The number of para-hydroxylation sites is 4. The Morgan fingerprint density at radius 2 is 1.04 bits per heavy atom. The molecule has 3 heterocycles. The van der Waals surface area contributed by atoms with E-state index in [0.717, 1.165) is 22.9 Å². The molecule has 0 unspecified atom stereocenters. The highest BCUT2D eigenvalue weighted by Gasteiger charge is 2.30. The molecule has 49 heavy (non-hydrogen) atoms. The van der Waals surface area contributed by atoms with E-state index in [1.54, 1.807) is 0 Å². The molecule has 0 aliphatic rings. The molecule has 3 aromatic heterocycles. The van der Waals surface area contributed by atoms with Crippen molar-refractivity contribution >= 4 is 43.6 Å². The SMILES string of the molecule is Cc1c(-n2cc[n+](-c3c4c(cc5c6ccccc6n(-c6ccccc6)c35)c3ccccc3n4-c3ccccc3)c2C)cccc1C(C)(C)C. The quantitative estimate of drug-likeness (QED) is 0.171. The van der Waals surface area contributed by atoms with Gasteiger partial charge in [-0.1, -0.05) is 106 Å². The lowest BCUT2D eigenvalue weighted by Gasteiger charge is -2.22. The van der Waals surface area contributed by atoms with Crippen LogP contribution in [0.25, 0.3) is 66.4 Å². The monoisotopic (exact) mass is 635 g/mol. The second-order valence-electron chi connectivity index (χ2n) is 14.2. The summed E-state index contributed by atoms with van der Waals surface area (Å²) in [5.41, 5.74) is 12.1. The van der Waals surface area contributed by atoms with Crippen molar-refractivity contribution in [3.05, 3.63) is 163 Å². The van der Waals surface area contributed by atoms with Gasteiger partial charge in [0.15, 0.2) is 5.69 Å². The number of benzene rings is 6. The van der Waals surface area contributed by atoms with E-state index in [0.29, 0.717) is 0 Å². The lowest BCUT2D eigenvalue weighted by molar-refractivity contribution is -0.599. The lowest BCUT2D eigenvalue weighted by atomic mass is 9.83. The van der Waals surface area contributed by atoms with Gasteiger partial charge in [-0.2, -0.15) is 9.13 Å². The molecule has 0 saturated heterocycles. The zero-order valence-corrected chi connectivity index (χ0v) is 28.6. The number of hydrogen-bond acceptors (Lipinski definition) is 0. The number of nitrogens with zero attached hydrogens (tertiary/aromatic N) is 4. The van der Waals surface area contributed by atoms with Crippen LogP contribution in [-0.4, -0.2) is 13.7 Å². The Morgan fingerprint density at radius 3 is 1.57 bits per heavy atom. The molecule has 0 bridgehead atoms. The first-order valence-corrected chi connectivity index (χ1v) is 17.1. The molecule has 4 nitrogen and oxygen atoms in total. The molecule has 0 amide bonds. The molecule has 0 spiro atoms. The number of imidazole rings is 1. The third-order valence-electron chi connectivity index (χ3n) is 10.3. The average Bonchev–Trinajstić information content (AvgIpc) is 3.77. The zero-order chi connectivity index (χ0) is 33.4. The number of rotatable bonds is 4. The van der Waals surface area contributed by atoms with E-state index >= 15 is 0 Å². The summed E-state index contributed by atoms with van der Waals surface area (Å²) in [4.78, 5) is 0. The van der Waals surface area contributed by atoms with Gasteiger partial charge in [-0.3, -0.25) is 0 Å². The molecule has 0 aliphatic carbocycles. The van der Waals surface area contributed by atoms with Gasteiger partial charge in [-0.15, -0.1) is 0 Å². The van der Waals surface area contributed by atoms with Crippen molar-refractivity contribution in [3.8, 4) is 22.7 Å². The number of aromatic nitrogens is 4. The predicted molar refractivity (Wildman–Crippen MR) is 204 cm³/mol. The summed E-state index contributed by atoms with van der Waals surface area (Å²) < 4.78 is 9.70.